The number of carbonyl (C=O) groups excluding carboxylic acids is 1. The van der Waals surface area contributed by atoms with Gasteiger partial charge in [-0.05, 0) is 48.2 Å². The normalized spacial score (nSPS) is 18.5. The van der Waals surface area contributed by atoms with Gasteiger partial charge in [0.15, 0.2) is 6.29 Å². The second-order valence-electron chi connectivity index (χ2n) is 9.26. The smallest absolute Gasteiger partial charge is 0.278 e. The molecule has 0 bridgehead atoms. The molecule has 1 aromatic heterocycles. The molecule has 1 amide bonds. The van der Waals surface area contributed by atoms with E-state index in [0.29, 0.717) is 38.7 Å². The van der Waals surface area contributed by atoms with Crippen molar-refractivity contribution in [1.29, 1.82) is 0 Å². The molecule has 0 radical (unpaired) electrons. The molecule has 3 aromatic rings. The van der Waals surface area contributed by atoms with Gasteiger partial charge in [0, 0.05) is 51.6 Å². The summed E-state index contributed by atoms with van der Waals surface area (Å²) in [4.78, 5) is 28.4. The molecule has 5 rings (SSSR count). The highest BCUT2D eigenvalue weighted by molar-refractivity contribution is 7.89. The topological polar surface area (TPSA) is 123 Å². The molecule has 39 heavy (non-hydrogen) atoms. The third kappa shape index (κ3) is 6.36. The van der Waals surface area contributed by atoms with E-state index >= 15 is 0 Å². The minimum absolute atomic E-state index is 0.245. The molecule has 2 aliphatic rings. The van der Waals surface area contributed by atoms with Crippen molar-refractivity contribution in [2.45, 2.75) is 30.4 Å². The van der Waals surface area contributed by atoms with Crippen molar-refractivity contribution >= 4 is 21.9 Å². The van der Waals surface area contributed by atoms with Gasteiger partial charge in [0.05, 0.1) is 17.6 Å². The van der Waals surface area contributed by atoms with Gasteiger partial charge >= 0.3 is 0 Å². The van der Waals surface area contributed by atoms with Crippen LogP contribution in [0.15, 0.2) is 65.8 Å². The van der Waals surface area contributed by atoms with Crippen LogP contribution in [0.25, 0.3) is 11.1 Å². The number of aromatic nitrogens is 2. The minimum atomic E-state index is -3.65. The van der Waals surface area contributed by atoms with Crippen LogP contribution in [-0.4, -0.2) is 74.8 Å². The van der Waals surface area contributed by atoms with Crippen LogP contribution in [0, 0.1) is 0 Å². The van der Waals surface area contributed by atoms with Gasteiger partial charge < -0.3 is 14.4 Å². The molecule has 0 aliphatic carbocycles. The number of methoxy groups -OCH3 is 1. The number of hydroxylamine groups is 1. The number of sulfonamides is 1. The van der Waals surface area contributed by atoms with E-state index in [2.05, 4.69) is 15.4 Å². The Hall–Kier alpha value is -3.58. The Bertz CT molecular complexity index is 1370. The SMILES string of the molecule is COc1cccc(-c2ccc(S(=O)(=O)N3CCN(c4ncc(C(=O)NOC5CCCCO5)cn4)CC3)cc2)c1. The predicted molar refractivity (Wildman–Crippen MR) is 144 cm³/mol. The van der Waals surface area contributed by atoms with E-state index in [0.717, 1.165) is 36.1 Å². The first-order valence-electron chi connectivity index (χ1n) is 12.8. The Labute approximate surface area is 227 Å². The summed E-state index contributed by atoms with van der Waals surface area (Å²) in [5, 5.41) is 0. The number of benzene rings is 2. The fourth-order valence-electron chi connectivity index (χ4n) is 4.48. The number of hydrogen-bond donors (Lipinski definition) is 1. The molecule has 2 aromatic carbocycles. The third-order valence-corrected chi connectivity index (χ3v) is 8.65. The Balaban J connectivity index is 1.16. The number of nitrogens with zero attached hydrogens (tertiary/aromatic N) is 4. The molecule has 1 N–H and O–H groups in total. The minimum Gasteiger partial charge on any atom is -0.497 e. The number of rotatable bonds is 8. The van der Waals surface area contributed by atoms with Gasteiger partial charge in [0.25, 0.3) is 5.91 Å². The summed E-state index contributed by atoms with van der Waals surface area (Å²) in [7, 11) is -2.04. The quantitative estimate of drug-likeness (QED) is 0.420. The Morgan fingerprint density at radius 3 is 2.41 bits per heavy atom. The maximum absolute atomic E-state index is 13.3. The van der Waals surface area contributed by atoms with Crippen molar-refractivity contribution in [3.8, 4) is 16.9 Å². The van der Waals surface area contributed by atoms with Crippen molar-refractivity contribution < 1.29 is 27.5 Å². The van der Waals surface area contributed by atoms with Crippen LogP contribution in [-0.2, 0) is 19.6 Å². The van der Waals surface area contributed by atoms with E-state index in [-0.39, 0.29) is 10.5 Å². The number of anilines is 1. The zero-order valence-corrected chi connectivity index (χ0v) is 22.5. The number of hydrogen-bond acceptors (Lipinski definition) is 9. The van der Waals surface area contributed by atoms with Gasteiger partial charge in [0.2, 0.25) is 16.0 Å². The molecule has 2 fully saturated rings. The van der Waals surface area contributed by atoms with E-state index in [4.69, 9.17) is 14.3 Å². The van der Waals surface area contributed by atoms with Crippen LogP contribution in [0.2, 0.25) is 0 Å². The molecule has 3 heterocycles. The molecule has 11 nitrogen and oxygen atoms in total. The third-order valence-electron chi connectivity index (χ3n) is 6.74. The lowest BCUT2D eigenvalue weighted by Crippen LogP contribution is -2.49. The highest BCUT2D eigenvalue weighted by Gasteiger charge is 2.29. The van der Waals surface area contributed by atoms with Crippen LogP contribution >= 0.6 is 0 Å². The summed E-state index contributed by atoms with van der Waals surface area (Å²) < 4.78 is 38.7. The average molecular weight is 554 g/mol. The van der Waals surface area contributed by atoms with Crippen molar-refractivity contribution in [3.63, 3.8) is 0 Å². The van der Waals surface area contributed by atoms with E-state index in [1.54, 1.807) is 31.4 Å². The maximum Gasteiger partial charge on any atom is 0.278 e. The van der Waals surface area contributed by atoms with E-state index in [1.165, 1.54) is 16.7 Å². The van der Waals surface area contributed by atoms with Gasteiger partial charge in [-0.25, -0.2) is 28.7 Å². The summed E-state index contributed by atoms with van der Waals surface area (Å²) in [6.45, 7) is 2.05. The monoisotopic (exact) mass is 553 g/mol. The summed E-state index contributed by atoms with van der Waals surface area (Å²) in [6.07, 6.45) is 5.11. The lowest BCUT2D eigenvalue weighted by molar-refractivity contribution is -0.186. The van der Waals surface area contributed by atoms with E-state index in [1.807, 2.05) is 29.2 Å². The number of carbonyl (C=O) groups is 1. The number of nitrogens with one attached hydrogen (secondary N) is 1. The molecule has 0 saturated carbocycles. The fourth-order valence-corrected chi connectivity index (χ4v) is 5.91. The average Bonchev–Trinajstić information content (AvgIpc) is 3.00. The molecule has 12 heteroatoms. The first-order chi connectivity index (χ1) is 18.9. The second-order valence-corrected chi connectivity index (χ2v) is 11.2. The van der Waals surface area contributed by atoms with Crippen LogP contribution in [0.5, 0.6) is 5.75 Å². The molecule has 2 saturated heterocycles. The van der Waals surface area contributed by atoms with Gasteiger partial charge in [-0.2, -0.15) is 4.31 Å². The second kappa shape index (κ2) is 12.1. The van der Waals surface area contributed by atoms with Crippen molar-refractivity contribution in [3.05, 3.63) is 66.5 Å². The number of ether oxygens (including phenoxy) is 2. The first-order valence-corrected chi connectivity index (χ1v) is 14.3. The van der Waals surface area contributed by atoms with Gasteiger partial charge in [-0.15, -0.1) is 0 Å². The summed E-state index contributed by atoms with van der Waals surface area (Å²) in [6, 6.07) is 14.5. The van der Waals surface area contributed by atoms with Gasteiger partial charge in [-0.1, -0.05) is 24.3 Å². The van der Waals surface area contributed by atoms with Gasteiger partial charge in [0.1, 0.15) is 5.75 Å². The highest BCUT2D eigenvalue weighted by Crippen LogP contribution is 2.26. The number of piperazine rings is 1. The van der Waals surface area contributed by atoms with Crippen LogP contribution in [0.1, 0.15) is 29.6 Å². The van der Waals surface area contributed by atoms with Crippen LogP contribution in [0.3, 0.4) is 0 Å². The van der Waals surface area contributed by atoms with Gasteiger partial charge in [-0.3, -0.25) is 4.79 Å². The fraction of sp³-hybridized carbons (Fsp3) is 0.370. The summed E-state index contributed by atoms with van der Waals surface area (Å²) in [5.74, 6) is 0.717. The van der Waals surface area contributed by atoms with Crippen molar-refractivity contribution in [2.75, 3.05) is 44.8 Å². The molecule has 206 valence electrons. The Morgan fingerprint density at radius 2 is 1.74 bits per heavy atom. The van der Waals surface area contributed by atoms with E-state index in [9.17, 15) is 13.2 Å². The van der Waals surface area contributed by atoms with Crippen molar-refractivity contribution in [2.24, 2.45) is 0 Å². The maximum atomic E-state index is 13.3. The Kier molecular flexibility index (Phi) is 8.36. The zero-order chi connectivity index (χ0) is 27.2. The molecular formula is C27H31N5O6S. The first kappa shape index (κ1) is 27.0. The molecule has 1 atom stereocenters. The van der Waals surface area contributed by atoms with E-state index < -0.39 is 22.2 Å². The van der Waals surface area contributed by atoms with Crippen molar-refractivity contribution in [1.82, 2.24) is 19.8 Å². The lowest BCUT2D eigenvalue weighted by atomic mass is 10.1. The zero-order valence-electron chi connectivity index (χ0n) is 21.7. The number of amides is 1. The molecule has 1 unspecified atom stereocenters. The van der Waals surface area contributed by atoms with Crippen LogP contribution in [0.4, 0.5) is 5.95 Å². The molecule has 2 aliphatic heterocycles. The molecule has 0 spiro atoms. The van der Waals surface area contributed by atoms with Crippen LogP contribution < -0.4 is 15.1 Å². The highest BCUT2D eigenvalue weighted by atomic mass is 32.2. The lowest BCUT2D eigenvalue weighted by Gasteiger charge is -2.34. The summed E-state index contributed by atoms with van der Waals surface area (Å²) >= 11 is 0. The standard InChI is InChI=1S/C27H31N5O6S/c1-36-23-6-4-5-21(17-23)20-8-10-24(11-9-20)39(34,35)32-14-12-31(13-15-32)27-28-18-22(19-29-27)26(33)30-38-25-7-2-3-16-37-25/h4-6,8-11,17-19,25H,2-3,7,12-16H2,1H3,(H,30,33). The Morgan fingerprint density at radius 1 is 1.00 bits per heavy atom. The predicted octanol–water partition coefficient (Wildman–Crippen LogP) is 2.85. The summed E-state index contributed by atoms with van der Waals surface area (Å²) in [5.41, 5.74) is 4.49. The molecular weight excluding hydrogens is 522 g/mol. The largest absolute Gasteiger partial charge is 0.497 e.